The molecule has 1 saturated carbocycles. The summed E-state index contributed by atoms with van der Waals surface area (Å²) in [6.07, 6.45) is 5.35. The standard InChI is InChI=1S/C18H16N2O2S/c21-14-8-3-4-10-16(14)23-18-12-6-1-2-7-13(12)19-17(20-18)15-9-5-11-22-15/h1-2,5-7,9,11,16H,3-4,8,10H2. The van der Waals surface area contributed by atoms with E-state index in [1.165, 1.54) is 0 Å². The number of Topliss-reactive ketones (excluding diaryl/α,β-unsaturated/α-hetero) is 1. The topological polar surface area (TPSA) is 56.0 Å². The second-order valence-electron chi connectivity index (χ2n) is 5.67. The van der Waals surface area contributed by atoms with Crippen molar-refractivity contribution >= 4 is 28.4 Å². The summed E-state index contributed by atoms with van der Waals surface area (Å²) < 4.78 is 5.43. The van der Waals surface area contributed by atoms with Crippen LogP contribution < -0.4 is 0 Å². The van der Waals surface area contributed by atoms with Crippen LogP contribution in [0.15, 0.2) is 52.1 Å². The molecule has 1 aliphatic carbocycles. The molecule has 116 valence electrons. The Morgan fingerprint density at radius 3 is 2.83 bits per heavy atom. The van der Waals surface area contributed by atoms with Gasteiger partial charge in [0.15, 0.2) is 11.6 Å². The highest BCUT2D eigenvalue weighted by molar-refractivity contribution is 8.00. The molecule has 0 radical (unpaired) electrons. The number of carbonyl (C=O) groups is 1. The van der Waals surface area contributed by atoms with Crippen molar-refractivity contribution in [2.45, 2.75) is 36.0 Å². The smallest absolute Gasteiger partial charge is 0.197 e. The molecule has 1 fully saturated rings. The monoisotopic (exact) mass is 324 g/mol. The Bertz CT molecular complexity index is 845. The summed E-state index contributed by atoms with van der Waals surface area (Å²) in [6, 6.07) is 11.6. The third kappa shape index (κ3) is 2.88. The van der Waals surface area contributed by atoms with Crippen LogP contribution in [0.3, 0.4) is 0 Å². The van der Waals surface area contributed by atoms with E-state index in [-0.39, 0.29) is 5.25 Å². The van der Waals surface area contributed by atoms with Gasteiger partial charge in [0.1, 0.15) is 10.8 Å². The van der Waals surface area contributed by atoms with E-state index < -0.39 is 0 Å². The third-order valence-corrected chi connectivity index (χ3v) is 5.38. The van der Waals surface area contributed by atoms with Gasteiger partial charge in [0, 0.05) is 11.8 Å². The minimum Gasteiger partial charge on any atom is -0.461 e. The second kappa shape index (κ2) is 6.16. The minimum absolute atomic E-state index is 0.00603. The van der Waals surface area contributed by atoms with Gasteiger partial charge in [-0.1, -0.05) is 36.4 Å². The van der Waals surface area contributed by atoms with Gasteiger partial charge in [-0.15, -0.1) is 0 Å². The van der Waals surface area contributed by atoms with Crippen LogP contribution in [0.1, 0.15) is 25.7 Å². The Kier molecular flexibility index (Phi) is 3.87. The van der Waals surface area contributed by atoms with Crippen LogP contribution in [-0.4, -0.2) is 21.0 Å². The number of thioether (sulfide) groups is 1. The average Bonchev–Trinajstić information content (AvgIpc) is 3.11. The van der Waals surface area contributed by atoms with E-state index in [9.17, 15) is 4.79 Å². The molecule has 0 spiro atoms. The summed E-state index contributed by atoms with van der Waals surface area (Å²) >= 11 is 1.57. The van der Waals surface area contributed by atoms with Crippen LogP contribution >= 0.6 is 11.8 Å². The molecule has 0 aliphatic heterocycles. The summed E-state index contributed by atoms with van der Waals surface area (Å²) in [5.41, 5.74) is 0.875. The van der Waals surface area contributed by atoms with Crippen molar-refractivity contribution in [3.05, 3.63) is 42.7 Å². The number of benzene rings is 1. The zero-order valence-electron chi connectivity index (χ0n) is 12.6. The van der Waals surface area contributed by atoms with Crippen LogP contribution in [-0.2, 0) is 4.79 Å². The Morgan fingerprint density at radius 2 is 2.00 bits per heavy atom. The first kappa shape index (κ1) is 14.5. The summed E-state index contributed by atoms with van der Waals surface area (Å²) in [6.45, 7) is 0. The summed E-state index contributed by atoms with van der Waals surface area (Å²) in [5.74, 6) is 1.55. The zero-order valence-corrected chi connectivity index (χ0v) is 13.4. The summed E-state index contributed by atoms with van der Waals surface area (Å²) in [5, 5.41) is 1.86. The van der Waals surface area contributed by atoms with Gasteiger partial charge in [-0.05, 0) is 31.0 Å². The Labute approximate surface area is 138 Å². The predicted molar refractivity (Wildman–Crippen MR) is 90.4 cm³/mol. The predicted octanol–water partition coefficient (Wildman–Crippen LogP) is 4.49. The number of para-hydroxylation sites is 1. The zero-order chi connectivity index (χ0) is 15.6. The Morgan fingerprint density at radius 1 is 1.09 bits per heavy atom. The van der Waals surface area contributed by atoms with Crippen molar-refractivity contribution in [3.63, 3.8) is 0 Å². The molecule has 0 N–H and O–H groups in total. The Hall–Kier alpha value is -2.14. The lowest BCUT2D eigenvalue weighted by molar-refractivity contribution is -0.119. The van der Waals surface area contributed by atoms with E-state index in [0.717, 1.165) is 35.2 Å². The lowest BCUT2D eigenvalue weighted by Crippen LogP contribution is -2.21. The maximum absolute atomic E-state index is 12.2. The van der Waals surface area contributed by atoms with Gasteiger partial charge in [-0.25, -0.2) is 9.97 Å². The maximum atomic E-state index is 12.2. The molecule has 2 aromatic heterocycles. The number of fused-ring (bicyclic) bond motifs is 1. The van der Waals surface area contributed by atoms with Crippen molar-refractivity contribution in [1.29, 1.82) is 0 Å². The van der Waals surface area contributed by atoms with E-state index in [0.29, 0.717) is 23.8 Å². The molecule has 5 heteroatoms. The number of hydrogen-bond acceptors (Lipinski definition) is 5. The van der Waals surface area contributed by atoms with E-state index >= 15 is 0 Å². The van der Waals surface area contributed by atoms with Gasteiger partial charge < -0.3 is 4.42 Å². The lowest BCUT2D eigenvalue weighted by Gasteiger charge is -2.20. The van der Waals surface area contributed by atoms with E-state index in [4.69, 9.17) is 4.42 Å². The average molecular weight is 324 g/mol. The molecule has 2 heterocycles. The van der Waals surface area contributed by atoms with Crippen molar-refractivity contribution in [1.82, 2.24) is 9.97 Å². The van der Waals surface area contributed by atoms with Gasteiger partial charge in [-0.3, -0.25) is 4.79 Å². The highest BCUT2D eigenvalue weighted by Crippen LogP contribution is 2.35. The molecule has 3 aromatic rings. The molecule has 0 saturated heterocycles. The van der Waals surface area contributed by atoms with Gasteiger partial charge in [-0.2, -0.15) is 0 Å². The number of nitrogens with zero attached hydrogens (tertiary/aromatic N) is 2. The molecule has 1 aliphatic rings. The fourth-order valence-corrected chi connectivity index (χ4v) is 4.11. The van der Waals surface area contributed by atoms with Crippen molar-refractivity contribution in [2.24, 2.45) is 0 Å². The molecule has 0 amide bonds. The van der Waals surface area contributed by atoms with Crippen LogP contribution in [0.4, 0.5) is 0 Å². The molecule has 1 atom stereocenters. The van der Waals surface area contributed by atoms with E-state index in [1.54, 1.807) is 18.0 Å². The van der Waals surface area contributed by atoms with Gasteiger partial charge in [0.05, 0.1) is 17.0 Å². The number of furan rings is 1. The first-order valence-electron chi connectivity index (χ1n) is 7.81. The Balaban J connectivity index is 1.78. The van der Waals surface area contributed by atoms with Crippen molar-refractivity contribution in [3.8, 4) is 11.6 Å². The molecule has 23 heavy (non-hydrogen) atoms. The van der Waals surface area contributed by atoms with Crippen LogP contribution in [0.2, 0.25) is 0 Å². The fraction of sp³-hybridized carbons (Fsp3) is 0.278. The first-order valence-corrected chi connectivity index (χ1v) is 8.69. The fourth-order valence-electron chi connectivity index (χ4n) is 2.86. The molecule has 4 nitrogen and oxygen atoms in total. The number of carbonyl (C=O) groups excluding carboxylic acids is 1. The molecular weight excluding hydrogens is 308 g/mol. The third-order valence-electron chi connectivity index (χ3n) is 4.06. The molecule has 4 rings (SSSR count). The van der Waals surface area contributed by atoms with Crippen LogP contribution in [0.25, 0.3) is 22.5 Å². The summed E-state index contributed by atoms with van der Waals surface area (Å²) in [4.78, 5) is 21.4. The highest BCUT2D eigenvalue weighted by Gasteiger charge is 2.25. The van der Waals surface area contributed by atoms with Gasteiger partial charge in [0.2, 0.25) is 0 Å². The summed E-state index contributed by atoms with van der Waals surface area (Å²) in [7, 11) is 0. The normalized spacial score (nSPS) is 18.4. The molecule has 1 aromatic carbocycles. The van der Waals surface area contributed by atoms with Gasteiger partial charge in [0.25, 0.3) is 0 Å². The lowest BCUT2D eigenvalue weighted by atomic mass is 9.99. The van der Waals surface area contributed by atoms with E-state index in [2.05, 4.69) is 9.97 Å². The number of aromatic nitrogens is 2. The largest absolute Gasteiger partial charge is 0.461 e. The first-order chi connectivity index (χ1) is 11.3. The van der Waals surface area contributed by atoms with Crippen LogP contribution in [0, 0.1) is 0 Å². The number of ketones is 1. The number of rotatable bonds is 3. The minimum atomic E-state index is 0.00603. The SMILES string of the molecule is O=C1CCCCC1Sc1nc(-c2ccco2)nc2ccccc12. The van der Waals surface area contributed by atoms with Crippen LogP contribution in [0.5, 0.6) is 0 Å². The second-order valence-corrected chi connectivity index (χ2v) is 6.86. The van der Waals surface area contributed by atoms with E-state index in [1.807, 2.05) is 36.4 Å². The maximum Gasteiger partial charge on any atom is 0.197 e. The quantitative estimate of drug-likeness (QED) is 0.664. The van der Waals surface area contributed by atoms with Crippen molar-refractivity contribution in [2.75, 3.05) is 0 Å². The molecule has 0 bridgehead atoms. The molecular formula is C18H16N2O2S. The molecule has 1 unspecified atom stereocenters. The highest BCUT2D eigenvalue weighted by atomic mass is 32.2. The number of hydrogen-bond donors (Lipinski definition) is 0. The van der Waals surface area contributed by atoms with Crippen molar-refractivity contribution < 1.29 is 9.21 Å². The van der Waals surface area contributed by atoms with Gasteiger partial charge >= 0.3 is 0 Å².